The van der Waals surface area contributed by atoms with Crippen LogP contribution >= 0.6 is 0 Å². The molecule has 0 radical (unpaired) electrons. The quantitative estimate of drug-likeness (QED) is 0.426. The molecule has 2 atom stereocenters. The highest BCUT2D eigenvalue weighted by Crippen LogP contribution is 2.52. The van der Waals surface area contributed by atoms with Crippen molar-refractivity contribution in [1.29, 1.82) is 0 Å². The molecule has 0 saturated heterocycles. The molecule has 3 N–H and O–H groups in total. The summed E-state index contributed by atoms with van der Waals surface area (Å²) in [7, 11) is 0. The van der Waals surface area contributed by atoms with Gasteiger partial charge in [0.2, 0.25) is 0 Å². The Bertz CT molecular complexity index is 1090. The largest absolute Gasteiger partial charge is 0.504 e. The van der Waals surface area contributed by atoms with Crippen molar-refractivity contribution in [2.75, 3.05) is 6.61 Å². The monoisotopic (exact) mass is 486 g/mol. The van der Waals surface area contributed by atoms with Gasteiger partial charge in [-0.3, -0.25) is 4.79 Å². The summed E-state index contributed by atoms with van der Waals surface area (Å²) in [4.78, 5) is 11.6. The number of benzene rings is 2. The molecule has 0 saturated carbocycles. The third-order valence-corrected chi connectivity index (χ3v) is 6.01. The third-order valence-electron chi connectivity index (χ3n) is 6.01. The van der Waals surface area contributed by atoms with Crippen molar-refractivity contribution in [2.24, 2.45) is 0 Å². The molecule has 2 unspecified atom stereocenters. The third kappa shape index (κ3) is 6.21. The minimum atomic E-state index is -1.06. The number of ether oxygens (including phenoxy) is 2. The van der Waals surface area contributed by atoms with Crippen LogP contribution in [0.2, 0.25) is 0 Å². The highest BCUT2D eigenvalue weighted by Gasteiger charge is 2.37. The summed E-state index contributed by atoms with van der Waals surface area (Å²) >= 11 is 0. The summed E-state index contributed by atoms with van der Waals surface area (Å²) < 4.78 is 24.6. The zero-order valence-electron chi connectivity index (χ0n) is 21.0. The number of aliphatic hydroxyl groups is 2. The van der Waals surface area contributed by atoms with Gasteiger partial charge in [0.1, 0.15) is 11.4 Å². The summed E-state index contributed by atoms with van der Waals surface area (Å²) in [5, 5.41) is 32.0. The van der Waals surface area contributed by atoms with E-state index in [1.54, 1.807) is 25.1 Å². The molecule has 190 valence electrons. The number of fused-ring (bicyclic) bond motifs is 1. The van der Waals surface area contributed by atoms with E-state index in [0.29, 0.717) is 28.9 Å². The number of esters is 1. The van der Waals surface area contributed by atoms with Crippen LogP contribution < -0.4 is 4.74 Å². The predicted molar refractivity (Wildman–Crippen MR) is 133 cm³/mol. The van der Waals surface area contributed by atoms with Gasteiger partial charge in [-0.2, -0.15) is 0 Å². The normalized spacial score (nSPS) is 16.3. The molecule has 0 aliphatic carbocycles. The lowest BCUT2D eigenvalue weighted by atomic mass is 9.83. The Morgan fingerprint density at radius 1 is 1.23 bits per heavy atom. The molecule has 3 rings (SSSR count). The first kappa shape index (κ1) is 26.7. The Balaban J connectivity index is 2.06. The van der Waals surface area contributed by atoms with E-state index >= 15 is 0 Å². The van der Waals surface area contributed by atoms with Crippen molar-refractivity contribution in [1.82, 2.24) is 0 Å². The van der Waals surface area contributed by atoms with Crippen LogP contribution in [-0.4, -0.2) is 45.7 Å². The number of phenols is 1. The molecule has 0 aromatic heterocycles. The van der Waals surface area contributed by atoms with Crippen molar-refractivity contribution in [3.63, 3.8) is 0 Å². The summed E-state index contributed by atoms with van der Waals surface area (Å²) in [5.41, 5.74) is 3.17. The first-order chi connectivity index (χ1) is 16.4. The molecule has 6 nitrogen and oxygen atoms in total. The van der Waals surface area contributed by atoms with E-state index in [0.717, 1.165) is 11.1 Å². The zero-order chi connectivity index (χ0) is 25.9. The number of carbonyl (C=O) groups is 1. The summed E-state index contributed by atoms with van der Waals surface area (Å²) in [6, 6.07) is 5.85. The average Bonchev–Trinajstić information content (AvgIpc) is 3.08. The minimum Gasteiger partial charge on any atom is -0.504 e. The predicted octanol–water partition coefficient (Wildman–Crippen LogP) is 5.11. The van der Waals surface area contributed by atoms with Gasteiger partial charge >= 0.3 is 5.97 Å². The molecule has 1 heterocycles. The maximum Gasteiger partial charge on any atom is 0.308 e. The minimum absolute atomic E-state index is 0.0296. The number of hydrogen-bond donors (Lipinski definition) is 3. The van der Waals surface area contributed by atoms with Gasteiger partial charge in [0, 0.05) is 24.0 Å². The van der Waals surface area contributed by atoms with Gasteiger partial charge in [0.25, 0.3) is 0 Å². The Labute approximate surface area is 206 Å². The van der Waals surface area contributed by atoms with Crippen molar-refractivity contribution in [3.8, 4) is 22.6 Å². The van der Waals surface area contributed by atoms with Gasteiger partial charge < -0.3 is 24.8 Å². The Morgan fingerprint density at radius 2 is 1.89 bits per heavy atom. The maximum absolute atomic E-state index is 13.7. The van der Waals surface area contributed by atoms with E-state index in [1.807, 2.05) is 27.7 Å². The number of halogens is 1. The fourth-order valence-electron chi connectivity index (χ4n) is 4.63. The highest BCUT2D eigenvalue weighted by atomic mass is 19.1. The van der Waals surface area contributed by atoms with E-state index in [4.69, 9.17) is 9.47 Å². The molecule has 0 bridgehead atoms. The van der Waals surface area contributed by atoms with Crippen molar-refractivity contribution in [2.45, 2.75) is 77.6 Å². The fraction of sp³-hybridized carbons (Fsp3) is 0.464. The molecule has 0 amide bonds. The molecular weight excluding hydrogens is 451 g/mol. The van der Waals surface area contributed by atoms with E-state index in [9.17, 15) is 24.5 Å². The molecule has 7 heteroatoms. The molecule has 2 aromatic carbocycles. The van der Waals surface area contributed by atoms with Crippen LogP contribution in [0.1, 0.15) is 70.1 Å². The number of hydrogen-bond acceptors (Lipinski definition) is 6. The van der Waals surface area contributed by atoms with Crippen molar-refractivity contribution >= 4 is 12.0 Å². The molecular formula is C28H35FO6. The lowest BCUT2D eigenvalue weighted by Gasteiger charge is -2.21. The van der Waals surface area contributed by atoms with Crippen LogP contribution in [0.5, 0.6) is 11.5 Å². The van der Waals surface area contributed by atoms with Gasteiger partial charge in [-0.25, -0.2) is 4.39 Å². The van der Waals surface area contributed by atoms with E-state index in [1.165, 1.54) is 18.2 Å². The number of aliphatic hydroxyl groups excluding tert-OH is 2. The van der Waals surface area contributed by atoms with E-state index in [-0.39, 0.29) is 36.9 Å². The Hall–Kier alpha value is -2.90. The highest BCUT2D eigenvalue weighted by molar-refractivity contribution is 5.86. The number of rotatable bonds is 9. The van der Waals surface area contributed by atoms with E-state index < -0.39 is 23.8 Å². The van der Waals surface area contributed by atoms with Crippen LogP contribution in [0.4, 0.5) is 4.39 Å². The summed E-state index contributed by atoms with van der Waals surface area (Å²) in [5.74, 6) is -0.451. The molecule has 0 fully saturated rings. The molecule has 0 spiro atoms. The van der Waals surface area contributed by atoms with Crippen LogP contribution in [0, 0.1) is 5.82 Å². The first-order valence-corrected chi connectivity index (χ1v) is 12.0. The van der Waals surface area contributed by atoms with E-state index in [2.05, 4.69) is 0 Å². The van der Waals surface area contributed by atoms with Crippen LogP contribution in [0.25, 0.3) is 17.2 Å². The molecule has 1 aliphatic heterocycles. The Kier molecular flexibility index (Phi) is 8.23. The van der Waals surface area contributed by atoms with Crippen molar-refractivity contribution < 1.29 is 34.0 Å². The molecule has 2 aromatic rings. The van der Waals surface area contributed by atoms with Gasteiger partial charge in [0.15, 0.2) is 11.5 Å². The van der Waals surface area contributed by atoms with Crippen LogP contribution in [-0.2, 0) is 16.0 Å². The Morgan fingerprint density at radius 3 is 2.49 bits per heavy atom. The molecule has 1 aliphatic rings. The zero-order valence-corrected chi connectivity index (χ0v) is 21.0. The van der Waals surface area contributed by atoms with Gasteiger partial charge in [-0.05, 0) is 55.5 Å². The second-order valence-corrected chi connectivity index (χ2v) is 9.88. The second-order valence-electron chi connectivity index (χ2n) is 9.88. The summed E-state index contributed by atoms with van der Waals surface area (Å²) in [6.45, 7) is 9.91. The SMILES string of the molecule is CCOC(=O)CC(O)CC(O)C=Cc1c(-c2ccc(F)cc2)c(O)c2c(c1C(C)C)CC(C)(C)O2. The lowest BCUT2D eigenvalue weighted by Crippen LogP contribution is -2.24. The van der Waals surface area contributed by atoms with Crippen LogP contribution in [0.3, 0.4) is 0 Å². The second kappa shape index (κ2) is 10.8. The van der Waals surface area contributed by atoms with Crippen LogP contribution in [0.15, 0.2) is 30.3 Å². The van der Waals surface area contributed by atoms with Gasteiger partial charge in [-0.1, -0.05) is 38.1 Å². The summed E-state index contributed by atoms with van der Waals surface area (Å²) in [6.07, 6.45) is 1.51. The number of carbonyl (C=O) groups excluding carboxylic acids is 1. The topological polar surface area (TPSA) is 96.2 Å². The number of phenolic OH excluding ortho intramolecular Hbond substituents is 1. The number of aromatic hydroxyl groups is 1. The maximum atomic E-state index is 13.7. The smallest absolute Gasteiger partial charge is 0.308 e. The standard InChI is InChI=1S/C28H35FO6/c1-6-34-23(32)14-20(31)13-19(30)11-12-21-24(16(2)3)22-15-28(4,5)35-27(22)26(33)25(21)17-7-9-18(29)10-8-17/h7-12,16,19-20,30-31,33H,6,13-15H2,1-5H3. The molecule has 35 heavy (non-hydrogen) atoms. The average molecular weight is 487 g/mol. The van der Waals surface area contributed by atoms with Gasteiger partial charge in [0.05, 0.1) is 25.2 Å². The van der Waals surface area contributed by atoms with Gasteiger partial charge in [-0.15, -0.1) is 0 Å². The first-order valence-electron chi connectivity index (χ1n) is 12.0. The van der Waals surface area contributed by atoms with Crippen molar-refractivity contribution in [3.05, 3.63) is 52.8 Å². The fourth-order valence-corrected chi connectivity index (χ4v) is 4.63. The lowest BCUT2D eigenvalue weighted by molar-refractivity contribution is -0.145.